The third-order valence-corrected chi connectivity index (χ3v) is 6.78. The predicted octanol–water partition coefficient (Wildman–Crippen LogP) is 1.93. The van der Waals surface area contributed by atoms with Crippen LogP contribution in [-0.2, 0) is 11.3 Å². The largest absolute Gasteiger partial charge is 0.358 e. The van der Waals surface area contributed by atoms with Gasteiger partial charge in [-0.25, -0.2) is 0 Å². The number of nitrogens with zero attached hydrogens (tertiary/aromatic N) is 3. The highest BCUT2D eigenvalue weighted by Gasteiger charge is 2.23. The maximum Gasteiger partial charge on any atom is 0.233 e. The van der Waals surface area contributed by atoms with Gasteiger partial charge in [0, 0.05) is 51.3 Å². The highest BCUT2D eigenvalue weighted by atomic mass is 35.5. The molecule has 3 N–H and O–H groups in total. The van der Waals surface area contributed by atoms with Gasteiger partial charge in [-0.15, -0.1) is 0 Å². The number of likely N-dealkylation sites (tertiary alicyclic amines) is 2. The molecule has 7 nitrogen and oxygen atoms in total. The molecule has 0 atom stereocenters. The van der Waals surface area contributed by atoms with Crippen molar-refractivity contribution in [2.24, 2.45) is 10.9 Å². The predicted molar refractivity (Wildman–Crippen MR) is 127 cm³/mol. The number of amides is 1. The third kappa shape index (κ3) is 7.66. The fraction of sp³-hybridized carbons (Fsp3) is 0.652. The Hall–Kier alpha value is -1.83. The summed E-state index contributed by atoms with van der Waals surface area (Å²) in [5, 5.41) is 10.7. The van der Waals surface area contributed by atoms with Crippen LogP contribution < -0.4 is 16.0 Å². The molecular formula is C23H37ClN6O. The van der Waals surface area contributed by atoms with E-state index in [0.29, 0.717) is 18.5 Å². The lowest BCUT2D eigenvalue weighted by Gasteiger charge is -2.34. The number of benzene rings is 1. The van der Waals surface area contributed by atoms with Gasteiger partial charge in [-0.1, -0.05) is 29.8 Å². The van der Waals surface area contributed by atoms with Gasteiger partial charge in [-0.2, -0.15) is 0 Å². The minimum absolute atomic E-state index is 0.0850. The normalized spacial score (nSPS) is 19.9. The molecule has 1 amide bonds. The highest BCUT2D eigenvalue weighted by molar-refractivity contribution is 6.31. The van der Waals surface area contributed by atoms with Crippen molar-refractivity contribution in [3.63, 3.8) is 0 Å². The summed E-state index contributed by atoms with van der Waals surface area (Å²) in [6.07, 6.45) is 4.43. The lowest BCUT2D eigenvalue weighted by atomic mass is 9.96. The molecule has 0 radical (unpaired) electrons. The summed E-state index contributed by atoms with van der Waals surface area (Å²) in [7, 11) is 3.53. The van der Waals surface area contributed by atoms with Gasteiger partial charge in [0.15, 0.2) is 5.96 Å². The Labute approximate surface area is 191 Å². The number of aliphatic imine (C=N–C) groups is 1. The number of guanidine groups is 1. The van der Waals surface area contributed by atoms with Gasteiger partial charge in [0.1, 0.15) is 0 Å². The number of halogens is 1. The monoisotopic (exact) mass is 448 g/mol. The average Bonchev–Trinajstić information content (AvgIpc) is 2.80. The van der Waals surface area contributed by atoms with Crippen LogP contribution in [0.1, 0.15) is 31.2 Å². The minimum Gasteiger partial charge on any atom is -0.358 e. The Kier molecular flexibility index (Phi) is 9.43. The number of piperidine rings is 2. The molecule has 172 valence electrons. The highest BCUT2D eigenvalue weighted by Crippen LogP contribution is 2.22. The van der Waals surface area contributed by atoms with E-state index in [9.17, 15) is 4.79 Å². The van der Waals surface area contributed by atoms with E-state index in [1.54, 1.807) is 7.05 Å². The van der Waals surface area contributed by atoms with Crippen molar-refractivity contribution in [1.82, 2.24) is 25.8 Å². The molecule has 0 aliphatic carbocycles. The van der Waals surface area contributed by atoms with Crippen molar-refractivity contribution in [3.05, 3.63) is 34.9 Å². The SMILES string of the molecule is CN=C(NCC1CCN(Cc2ccccc2Cl)CC1)NC1CCN(CC(=O)NC)CC1. The van der Waals surface area contributed by atoms with Crippen molar-refractivity contribution in [2.45, 2.75) is 38.3 Å². The molecule has 1 aromatic rings. The molecule has 31 heavy (non-hydrogen) atoms. The van der Waals surface area contributed by atoms with E-state index in [1.807, 2.05) is 19.2 Å². The topological polar surface area (TPSA) is 72.0 Å². The molecule has 0 saturated carbocycles. The second kappa shape index (κ2) is 12.3. The molecule has 0 bridgehead atoms. The zero-order valence-electron chi connectivity index (χ0n) is 18.9. The molecule has 2 fully saturated rings. The summed E-state index contributed by atoms with van der Waals surface area (Å²) < 4.78 is 0. The lowest BCUT2D eigenvalue weighted by Crippen LogP contribution is -2.50. The quantitative estimate of drug-likeness (QED) is 0.439. The maximum absolute atomic E-state index is 11.5. The van der Waals surface area contributed by atoms with E-state index >= 15 is 0 Å². The summed E-state index contributed by atoms with van der Waals surface area (Å²) in [4.78, 5) is 20.7. The van der Waals surface area contributed by atoms with Crippen LogP contribution >= 0.6 is 11.6 Å². The van der Waals surface area contributed by atoms with Crippen LogP contribution in [0.5, 0.6) is 0 Å². The number of rotatable bonds is 7. The Morgan fingerprint density at radius 1 is 1.10 bits per heavy atom. The summed E-state index contributed by atoms with van der Waals surface area (Å²) in [6, 6.07) is 8.54. The Bertz CT molecular complexity index is 727. The number of carbonyl (C=O) groups is 1. The molecule has 0 spiro atoms. The standard InChI is InChI=1S/C23H37ClN6O/c1-25-22(31)17-30-13-9-20(10-14-30)28-23(26-2)27-15-18-7-11-29(12-8-18)16-19-5-3-4-6-21(19)24/h3-6,18,20H,7-17H2,1-2H3,(H,25,31)(H2,26,27,28). The first-order valence-electron chi connectivity index (χ1n) is 11.4. The van der Waals surface area contributed by atoms with E-state index < -0.39 is 0 Å². The number of carbonyl (C=O) groups excluding carboxylic acids is 1. The van der Waals surface area contributed by atoms with E-state index in [2.05, 4.69) is 42.9 Å². The Balaban J connectivity index is 1.33. The van der Waals surface area contributed by atoms with Crippen LogP contribution in [-0.4, -0.2) is 81.1 Å². The van der Waals surface area contributed by atoms with E-state index in [0.717, 1.165) is 63.1 Å². The zero-order valence-corrected chi connectivity index (χ0v) is 19.6. The smallest absolute Gasteiger partial charge is 0.233 e. The van der Waals surface area contributed by atoms with Crippen LogP contribution in [0.4, 0.5) is 0 Å². The molecule has 2 aliphatic rings. The summed E-state index contributed by atoms with van der Waals surface area (Å²) in [5.41, 5.74) is 1.21. The van der Waals surface area contributed by atoms with Gasteiger partial charge < -0.3 is 16.0 Å². The van der Waals surface area contributed by atoms with Gasteiger partial charge >= 0.3 is 0 Å². The molecule has 8 heteroatoms. The van der Waals surface area contributed by atoms with E-state index in [1.165, 1.54) is 18.4 Å². The van der Waals surface area contributed by atoms with Crippen LogP contribution in [0.15, 0.2) is 29.3 Å². The second-order valence-electron chi connectivity index (χ2n) is 8.63. The van der Waals surface area contributed by atoms with Gasteiger partial charge in [0.2, 0.25) is 5.91 Å². The second-order valence-corrected chi connectivity index (χ2v) is 9.04. The number of hydrogen-bond donors (Lipinski definition) is 3. The zero-order chi connectivity index (χ0) is 22.1. The molecule has 2 saturated heterocycles. The van der Waals surface area contributed by atoms with Gasteiger partial charge in [0.05, 0.1) is 6.54 Å². The van der Waals surface area contributed by atoms with Crippen LogP contribution in [0.25, 0.3) is 0 Å². The number of likely N-dealkylation sites (N-methyl/N-ethyl adjacent to an activating group) is 1. The summed E-state index contributed by atoms with van der Waals surface area (Å²) in [6.45, 7) is 6.46. The van der Waals surface area contributed by atoms with Crippen LogP contribution in [0.2, 0.25) is 5.02 Å². The van der Waals surface area contributed by atoms with Crippen LogP contribution in [0, 0.1) is 5.92 Å². The van der Waals surface area contributed by atoms with Gasteiger partial charge in [0.25, 0.3) is 0 Å². The summed E-state index contributed by atoms with van der Waals surface area (Å²) in [5.74, 6) is 1.64. The van der Waals surface area contributed by atoms with E-state index in [4.69, 9.17) is 11.6 Å². The van der Waals surface area contributed by atoms with Crippen molar-refractivity contribution in [1.29, 1.82) is 0 Å². The first-order valence-corrected chi connectivity index (χ1v) is 11.8. The third-order valence-electron chi connectivity index (χ3n) is 6.42. The minimum atomic E-state index is 0.0850. The first kappa shape index (κ1) is 23.8. The van der Waals surface area contributed by atoms with Crippen molar-refractivity contribution < 1.29 is 4.79 Å². The Morgan fingerprint density at radius 2 is 1.77 bits per heavy atom. The molecule has 2 aliphatic heterocycles. The van der Waals surface area contributed by atoms with Crippen molar-refractivity contribution >= 4 is 23.5 Å². The van der Waals surface area contributed by atoms with Crippen molar-refractivity contribution in [3.8, 4) is 0 Å². The molecule has 0 unspecified atom stereocenters. The first-order chi connectivity index (χ1) is 15.1. The Morgan fingerprint density at radius 3 is 2.42 bits per heavy atom. The van der Waals surface area contributed by atoms with Gasteiger partial charge in [-0.05, 0) is 56.3 Å². The molecular weight excluding hydrogens is 412 g/mol. The van der Waals surface area contributed by atoms with E-state index in [-0.39, 0.29) is 5.91 Å². The van der Waals surface area contributed by atoms with Gasteiger partial charge in [-0.3, -0.25) is 19.6 Å². The van der Waals surface area contributed by atoms with Crippen LogP contribution in [0.3, 0.4) is 0 Å². The number of nitrogens with one attached hydrogen (secondary N) is 3. The fourth-order valence-corrected chi connectivity index (χ4v) is 4.56. The molecule has 3 rings (SSSR count). The fourth-order valence-electron chi connectivity index (χ4n) is 4.36. The summed E-state index contributed by atoms with van der Waals surface area (Å²) >= 11 is 6.31. The maximum atomic E-state index is 11.5. The van der Waals surface area contributed by atoms with Crippen molar-refractivity contribution in [2.75, 3.05) is 53.4 Å². The molecule has 1 aromatic carbocycles. The molecule has 0 aromatic heterocycles. The molecule has 2 heterocycles. The average molecular weight is 449 g/mol. The number of hydrogen-bond acceptors (Lipinski definition) is 4. The lowest BCUT2D eigenvalue weighted by molar-refractivity contribution is -0.122.